The lowest BCUT2D eigenvalue weighted by atomic mass is 9.98. The number of carbonyl (C=O) groups excluding carboxylic acids is 4. The van der Waals surface area contributed by atoms with Crippen molar-refractivity contribution >= 4 is 67.8 Å². The van der Waals surface area contributed by atoms with E-state index in [4.69, 9.17) is 16.2 Å². The first-order valence-electron chi connectivity index (χ1n) is 7.67. The van der Waals surface area contributed by atoms with Gasteiger partial charge in [0, 0.05) is 5.38 Å². The number of hydrogen-bond acceptors (Lipinski definition) is 11. The van der Waals surface area contributed by atoms with Gasteiger partial charge in [-0.15, -0.1) is 22.9 Å². The van der Waals surface area contributed by atoms with Crippen LogP contribution in [0.2, 0.25) is 0 Å². The van der Waals surface area contributed by atoms with Crippen LogP contribution in [-0.4, -0.2) is 83.8 Å². The van der Waals surface area contributed by atoms with Crippen LogP contribution in [0.1, 0.15) is 5.69 Å². The van der Waals surface area contributed by atoms with E-state index in [0.717, 1.165) is 25.6 Å². The van der Waals surface area contributed by atoms with Gasteiger partial charge in [0.25, 0.3) is 11.8 Å². The number of anilines is 1. The molecule has 1 fully saturated rings. The number of ether oxygens (including phenoxy) is 1. The fourth-order valence-corrected chi connectivity index (χ4v) is 3.92. The molecule has 14 nitrogen and oxygen atoms in total. The number of alkyl halides is 1. The number of rotatable bonds is 8. The van der Waals surface area contributed by atoms with Crippen molar-refractivity contribution in [2.24, 2.45) is 5.16 Å². The highest BCUT2D eigenvalue weighted by Gasteiger charge is 2.58. The summed E-state index contributed by atoms with van der Waals surface area (Å²) in [5, 5.41) is 9.42. The molecule has 0 saturated carbocycles. The monoisotopic (exact) mass is 483 g/mol. The number of halogens is 1. The van der Waals surface area contributed by atoms with Gasteiger partial charge in [-0.2, -0.15) is 12.7 Å². The van der Waals surface area contributed by atoms with E-state index in [1.807, 2.05) is 0 Å². The first kappa shape index (κ1) is 23.5. The molecule has 0 spiro atoms. The predicted octanol–water partition coefficient (Wildman–Crippen LogP) is -1.66. The smallest absolute Gasteiger partial charge is 0.363 e. The highest BCUT2D eigenvalue weighted by molar-refractivity contribution is 7.84. The van der Waals surface area contributed by atoms with Gasteiger partial charge in [0.15, 0.2) is 16.9 Å². The summed E-state index contributed by atoms with van der Waals surface area (Å²) < 4.78 is 36.0. The van der Waals surface area contributed by atoms with Gasteiger partial charge < -0.3 is 20.2 Å². The van der Waals surface area contributed by atoms with Gasteiger partial charge in [-0.25, -0.2) is 9.78 Å². The summed E-state index contributed by atoms with van der Waals surface area (Å²) in [5.41, 5.74) is -0.501. The summed E-state index contributed by atoms with van der Waals surface area (Å²) >= 11 is 6.32. The molecule has 0 unspecified atom stereocenters. The topological polar surface area (TPSA) is 194 Å². The van der Waals surface area contributed by atoms with Crippen LogP contribution in [0, 0.1) is 0 Å². The Morgan fingerprint density at radius 3 is 2.60 bits per heavy atom. The van der Waals surface area contributed by atoms with Crippen LogP contribution in [0.15, 0.2) is 10.5 Å². The number of amides is 3. The molecule has 3 amide bonds. The molecular weight excluding hydrogens is 470 g/mol. The molecule has 1 saturated heterocycles. The average Bonchev–Trinajstić information content (AvgIpc) is 3.13. The minimum Gasteiger partial charge on any atom is -0.467 e. The summed E-state index contributed by atoms with van der Waals surface area (Å²) in [6.45, 7) is 0. The molecule has 164 valence electrons. The molecule has 0 radical (unpaired) electrons. The molecule has 1 aromatic heterocycles. The third-order valence-electron chi connectivity index (χ3n) is 3.54. The number of esters is 1. The Hall–Kier alpha value is -2.82. The van der Waals surface area contributed by atoms with Crippen LogP contribution in [0.4, 0.5) is 5.13 Å². The zero-order valence-corrected chi connectivity index (χ0v) is 17.6. The zero-order valence-electron chi connectivity index (χ0n) is 15.2. The van der Waals surface area contributed by atoms with Crippen molar-refractivity contribution in [3.63, 3.8) is 0 Å². The van der Waals surface area contributed by atoms with E-state index < -0.39 is 51.8 Å². The lowest BCUT2D eigenvalue weighted by molar-refractivity contribution is -0.162. The summed E-state index contributed by atoms with van der Waals surface area (Å²) in [5.74, 6) is -4.39. The number of nitrogens with zero attached hydrogens (tertiary/aromatic N) is 3. The molecule has 17 heteroatoms. The molecule has 1 aliphatic heterocycles. The van der Waals surface area contributed by atoms with Crippen LogP contribution >= 0.6 is 22.9 Å². The molecule has 2 rings (SSSR count). The van der Waals surface area contributed by atoms with Gasteiger partial charge in [0.2, 0.25) is 5.91 Å². The van der Waals surface area contributed by atoms with E-state index in [9.17, 15) is 27.6 Å². The van der Waals surface area contributed by atoms with Crippen LogP contribution in [0.25, 0.3) is 0 Å². The van der Waals surface area contributed by atoms with Gasteiger partial charge in [-0.1, -0.05) is 5.16 Å². The quantitative estimate of drug-likeness (QED) is 0.0961. The van der Waals surface area contributed by atoms with Crippen molar-refractivity contribution < 1.29 is 41.7 Å². The maximum atomic E-state index is 12.6. The number of hydrogen-bond donors (Lipinski definition) is 3. The highest BCUT2D eigenvalue weighted by atomic mass is 35.5. The molecular formula is C13H14ClN5O9S2. The van der Waals surface area contributed by atoms with Gasteiger partial charge in [0.1, 0.15) is 24.7 Å². The lowest BCUT2D eigenvalue weighted by Crippen LogP contribution is -2.74. The standard InChI is InChI=1S/C13H14ClN5O9S2/c1-27-12(23)9-8(11(22)19(9)30(24,25)26)17-10(21)7(18-28-2)5-4-29-13(15-5)16-6(20)3-14/h4,8-9H,3H2,1-2H3,(H,17,21)(H,15,16,20)(H,24,25,26)/b18-7-/t8-,9+/m1/s1. The fourth-order valence-electron chi connectivity index (χ4n) is 2.31. The first-order valence-corrected chi connectivity index (χ1v) is 10.5. The van der Waals surface area contributed by atoms with Crippen LogP contribution in [-0.2, 0) is 39.1 Å². The molecule has 0 aliphatic carbocycles. The van der Waals surface area contributed by atoms with E-state index >= 15 is 0 Å². The van der Waals surface area contributed by atoms with Crippen LogP contribution in [0.5, 0.6) is 0 Å². The number of carbonyl (C=O) groups is 4. The van der Waals surface area contributed by atoms with E-state index in [1.165, 1.54) is 5.38 Å². The van der Waals surface area contributed by atoms with E-state index in [0.29, 0.717) is 0 Å². The van der Waals surface area contributed by atoms with E-state index in [-0.39, 0.29) is 21.0 Å². The molecule has 1 aliphatic rings. The van der Waals surface area contributed by atoms with Crippen molar-refractivity contribution in [2.75, 3.05) is 25.4 Å². The molecule has 2 atom stereocenters. The third-order valence-corrected chi connectivity index (χ3v) is 5.45. The lowest BCUT2D eigenvalue weighted by Gasteiger charge is -2.41. The minimum atomic E-state index is -5.07. The number of oxime groups is 1. The zero-order chi connectivity index (χ0) is 22.6. The molecule has 0 aromatic carbocycles. The Labute approximate surface area is 178 Å². The van der Waals surface area contributed by atoms with Crippen molar-refractivity contribution in [3.8, 4) is 0 Å². The SMILES string of the molecule is CO/N=C(\C(=O)N[C@H]1C(=O)N(S(=O)(=O)O)[C@@H]1C(=O)OC)c1csc(NC(=O)CCl)n1. The van der Waals surface area contributed by atoms with Gasteiger partial charge in [-0.3, -0.25) is 18.9 Å². The third kappa shape index (κ3) is 4.84. The number of nitrogens with one attached hydrogen (secondary N) is 2. The fraction of sp³-hybridized carbons (Fsp3) is 0.385. The minimum absolute atomic E-state index is 0.0581. The van der Waals surface area contributed by atoms with Gasteiger partial charge >= 0.3 is 16.3 Å². The van der Waals surface area contributed by atoms with Crippen molar-refractivity contribution in [1.29, 1.82) is 0 Å². The number of β-lactam (4-membered cyclic amide) rings is 1. The Kier molecular flexibility index (Phi) is 7.30. The maximum Gasteiger partial charge on any atom is 0.363 e. The second kappa shape index (κ2) is 9.33. The molecule has 30 heavy (non-hydrogen) atoms. The number of thiazole rings is 1. The molecule has 2 heterocycles. The Morgan fingerprint density at radius 2 is 2.07 bits per heavy atom. The Morgan fingerprint density at radius 1 is 1.40 bits per heavy atom. The second-order valence-corrected chi connectivity index (χ2v) is 7.79. The number of aromatic nitrogens is 1. The van der Waals surface area contributed by atoms with Crippen molar-refractivity contribution in [1.82, 2.24) is 14.6 Å². The summed E-state index contributed by atoms with van der Waals surface area (Å²) in [6, 6.07) is -3.48. The molecule has 0 bridgehead atoms. The van der Waals surface area contributed by atoms with Crippen LogP contribution in [0.3, 0.4) is 0 Å². The van der Waals surface area contributed by atoms with E-state index in [2.05, 4.69) is 30.3 Å². The first-order chi connectivity index (χ1) is 14.0. The summed E-state index contributed by atoms with van der Waals surface area (Å²) in [4.78, 5) is 56.4. The van der Waals surface area contributed by atoms with E-state index in [1.54, 1.807) is 0 Å². The maximum absolute atomic E-state index is 12.6. The molecule has 3 N–H and O–H groups in total. The van der Waals surface area contributed by atoms with Gasteiger partial charge in [-0.05, 0) is 0 Å². The van der Waals surface area contributed by atoms with Gasteiger partial charge in [0.05, 0.1) is 7.11 Å². The van der Waals surface area contributed by atoms with Crippen molar-refractivity contribution in [2.45, 2.75) is 12.1 Å². The highest BCUT2D eigenvalue weighted by Crippen LogP contribution is 2.25. The molecule has 1 aromatic rings. The number of methoxy groups -OCH3 is 1. The Bertz CT molecular complexity index is 1010. The summed E-state index contributed by atoms with van der Waals surface area (Å²) in [6.07, 6.45) is 0. The second-order valence-electron chi connectivity index (χ2n) is 5.37. The normalized spacial score (nSPS) is 19.0. The largest absolute Gasteiger partial charge is 0.467 e. The summed E-state index contributed by atoms with van der Waals surface area (Å²) in [7, 11) is -3.01. The predicted molar refractivity (Wildman–Crippen MR) is 101 cm³/mol. The van der Waals surface area contributed by atoms with Crippen LogP contribution < -0.4 is 10.6 Å². The average molecular weight is 484 g/mol. The van der Waals surface area contributed by atoms with Crippen molar-refractivity contribution in [3.05, 3.63) is 11.1 Å². The Balaban J connectivity index is 2.25.